The first-order chi connectivity index (χ1) is 12.0. The lowest BCUT2D eigenvalue weighted by atomic mass is 10.1. The van der Waals surface area contributed by atoms with Gasteiger partial charge in [0.25, 0.3) is 5.69 Å². The molecule has 0 aromatic heterocycles. The number of rotatable bonds is 4. The van der Waals surface area contributed by atoms with Gasteiger partial charge in [0.2, 0.25) is 0 Å². The summed E-state index contributed by atoms with van der Waals surface area (Å²) >= 11 is 0. The summed E-state index contributed by atoms with van der Waals surface area (Å²) in [5, 5.41) is 11.0. The van der Waals surface area contributed by atoms with Gasteiger partial charge in [-0.2, -0.15) is 0 Å². The molecule has 130 valence electrons. The average molecular weight is 339 g/mol. The van der Waals surface area contributed by atoms with Crippen molar-refractivity contribution < 1.29 is 9.66 Å². The number of aliphatic imine (C=N–C) groups is 1. The lowest BCUT2D eigenvalue weighted by Crippen LogP contribution is -2.36. The third-order valence-electron chi connectivity index (χ3n) is 4.37. The molecule has 3 rings (SSSR count). The van der Waals surface area contributed by atoms with E-state index in [0.29, 0.717) is 11.3 Å². The quantitative estimate of drug-likeness (QED) is 0.483. The Morgan fingerprint density at radius 3 is 2.56 bits per heavy atom. The molecule has 6 heteroatoms. The predicted octanol–water partition coefficient (Wildman–Crippen LogP) is 3.80. The largest absolute Gasteiger partial charge is 0.378 e. The monoisotopic (exact) mass is 339 g/mol. The van der Waals surface area contributed by atoms with Gasteiger partial charge in [-0.05, 0) is 43.2 Å². The minimum atomic E-state index is -0.378. The summed E-state index contributed by atoms with van der Waals surface area (Å²) < 4.78 is 5.39. The summed E-state index contributed by atoms with van der Waals surface area (Å²) in [7, 11) is 0. The van der Waals surface area contributed by atoms with Crippen LogP contribution in [-0.2, 0) is 4.74 Å². The smallest absolute Gasteiger partial charge is 0.274 e. The first kappa shape index (κ1) is 17.1. The normalized spacial score (nSPS) is 14.9. The standard InChI is InChI=1S/C19H21N3O3/c1-14-3-5-17(12-19(14)22(23)24)20-13-16-4-6-18(11-15(16)2)21-7-9-25-10-8-21/h3-6,11-13H,7-10H2,1-2H3. The number of hydrogen-bond acceptors (Lipinski definition) is 5. The molecule has 0 bridgehead atoms. The number of hydrogen-bond donors (Lipinski definition) is 0. The molecule has 0 radical (unpaired) electrons. The molecule has 0 saturated carbocycles. The summed E-state index contributed by atoms with van der Waals surface area (Å²) in [6.45, 7) is 7.09. The van der Waals surface area contributed by atoms with Gasteiger partial charge in [0, 0.05) is 36.6 Å². The molecule has 1 aliphatic rings. The van der Waals surface area contributed by atoms with Crippen molar-refractivity contribution in [1.82, 2.24) is 0 Å². The first-order valence-corrected chi connectivity index (χ1v) is 8.27. The van der Waals surface area contributed by atoms with Crippen LogP contribution in [0.5, 0.6) is 0 Å². The van der Waals surface area contributed by atoms with Crippen molar-refractivity contribution in [1.29, 1.82) is 0 Å². The lowest BCUT2D eigenvalue weighted by Gasteiger charge is -2.29. The van der Waals surface area contributed by atoms with Crippen molar-refractivity contribution >= 4 is 23.3 Å². The van der Waals surface area contributed by atoms with Crippen LogP contribution in [0.2, 0.25) is 0 Å². The third-order valence-corrected chi connectivity index (χ3v) is 4.37. The molecule has 0 unspecified atom stereocenters. The Hall–Kier alpha value is -2.73. The van der Waals surface area contributed by atoms with Gasteiger partial charge in [-0.25, -0.2) is 0 Å². The predicted molar refractivity (Wildman–Crippen MR) is 99.3 cm³/mol. The van der Waals surface area contributed by atoms with Crippen molar-refractivity contribution in [2.45, 2.75) is 13.8 Å². The van der Waals surface area contributed by atoms with Crippen molar-refractivity contribution in [3.63, 3.8) is 0 Å². The van der Waals surface area contributed by atoms with Gasteiger partial charge in [0.15, 0.2) is 0 Å². The maximum atomic E-state index is 11.0. The van der Waals surface area contributed by atoms with Crippen LogP contribution < -0.4 is 4.90 Å². The average Bonchev–Trinajstić information content (AvgIpc) is 2.62. The highest BCUT2D eigenvalue weighted by Crippen LogP contribution is 2.25. The zero-order valence-electron chi connectivity index (χ0n) is 14.4. The fourth-order valence-corrected chi connectivity index (χ4v) is 2.84. The molecule has 1 fully saturated rings. The molecule has 25 heavy (non-hydrogen) atoms. The molecule has 1 heterocycles. The zero-order chi connectivity index (χ0) is 17.8. The second kappa shape index (κ2) is 7.44. The van der Waals surface area contributed by atoms with E-state index in [1.54, 1.807) is 25.3 Å². The number of anilines is 1. The number of nitrogens with zero attached hydrogens (tertiary/aromatic N) is 3. The van der Waals surface area contributed by atoms with E-state index in [-0.39, 0.29) is 10.6 Å². The molecule has 0 amide bonds. The molecular weight excluding hydrogens is 318 g/mol. The molecule has 1 saturated heterocycles. The third kappa shape index (κ3) is 4.03. The molecule has 6 nitrogen and oxygen atoms in total. The van der Waals surface area contributed by atoms with Crippen LogP contribution in [0.15, 0.2) is 41.4 Å². The fourth-order valence-electron chi connectivity index (χ4n) is 2.84. The number of aryl methyl sites for hydroxylation is 2. The summed E-state index contributed by atoms with van der Waals surface area (Å²) in [6.07, 6.45) is 1.76. The molecule has 0 aliphatic carbocycles. The van der Waals surface area contributed by atoms with Gasteiger partial charge >= 0.3 is 0 Å². The highest BCUT2D eigenvalue weighted by atomic mass is 16.6. The van der Waals surface area contributed by atoms with Gasteiger partial charge in [0.05, 0.1) is 23.8 Å². The van der Waals surface area contributed by atoms with E-state index >= 15 is 0 Å². The van der Waals surface area contributed by atoms with Gasteiger partial charge < -0.3 is 9.64 Å². The Morgan fingerprint density at radius 1 is 1.12 bits per heavy atom. The maximum Gasteiger partial charge on any atom is 0.274 e. The van der Waals surface area contributed by atoms with Crippen LogP contribution in [0.25, 0.3) is 0 Å². The molecule has 2 aromatic rings. The number of benzene rings is 2. The van der Waals surface area contributed by atoms with Crippen LogP contribution in [0, 0.1) is 24.0 Å². The molecule has 0 N–H and O–H groups in total. The summed E-state index contributed by atoms with van der Waals surface area (Å²) in [6, 6.07) is 11.3. The number of ether oxygens (including phenoxy) is 1. The number of morpholine rings is 1. The van der Waals surface area contributed by atoms with E-state index in [1.165, 1.54) is 11.8 Å². The minimum Gasteiger partial charge on any atom is -0.378 e. The van der Waals surface area contributed by atoms with E-state index < -0.39 is 0 Å². The van der Waals surface area contributed by atoms with Crippen LogP contribution in [0.4, 0.5) is 17.1 Å². The Balaban J connectivity index is 1.79. The zero-order valence-corrected chi connectivity index (χ0v) is 14.4. The van der Waals surface area contributed by atoms with Crippen LogP contribution in [0.1, 0.15) is 16.7 Å². The van der Waals surface area contributed by atoms with Crippen molar-refractivity contribution in [2.24, 2.45) is 4.99 Å². The highest BCUT2D eigenvalue weighted by molar-refractivity contribution is 5.84. The van der Waals surface area contributed by atoms with E-state index in [4.69, 9.17) is 4.74 Å². The Bertz CT molecular complexity index is 812. The molecule has 1 aliphatic heterocycles. The Labute approximate surface area is 146 Å². The molecular formula is C19H21N3O3. The number of nitro benzene ring substituents is 1. The first-order valence-electron chi connectivity index (χ1n) is 8.27. The Kier molecular flexibility index (Phi) is 5.09. The van der Waals surface area contributed by atoms with Crippen molar-refractivity contribution in [3.8, 4) is 0 Å². The molecule has 2 aromatic carbocycles. The lowest BCUT2D eigenvalue weighted by molar-refractivity contribution is -0.385. The van der Waals surface area contributed by atoms with Crippen LogP contribution in [-0.4, -0.2) is 37.4 Å². The summed E-state index contributed by atoms with van der Waals surface area (Å²) in [5.41, 5.74) is 4.61. The van der Waals surface area contributed by atoms with Gasteiger partial charge in [-0.15, -0.1) is 0 Å². The van der Waals surface area contributed by atoms with E-state index in [2.05, 4.69) is 22.0 Å². The second-order valence-corrected chi connectivity index (χ2v) is 6.13. The minimum absolute atomic E-state index is 0.0917. The van der Waals surface area contributed by atoms with E-state index in [9.17, 15) is 10.1 Å². The van der Waals surface area contributed by atoms with Crippen molar-refractivity contribution in [2.75, 3.05) is 31.2 Å². The SMILES string of the molecule is Cc1cc(N2CCOCC2)ccc1C=Nc1ccc(C)c([N+](=O)[O-])c1. The van der Waals surface area contributed by atoms with E-state index in [0.717, 1.165) is 37.4 Å². The second-order valence-electron chi connectivity index (χ2n) is 6.13. The van der Waals surface area contributed by atoms with Gasteiger partial charge in [0.1, 0.15) is 0 Å². The summed E-state index contributed by atoms with van der Waals surface area (Å²) in [5.74, 6) is 0. The highest BCUT2D eigenvalue weighted by Gasteiger charge is 2.12. The Morgan fingerprint density at radius 2 is 1.88 bits per heavy atom. The molecule has 0 atom stereocenters. The topological polar surface area (TPSA) is 68.0 Å². The number of nitro groups is 1. The van der Waals surface area contributed by atoms with Gasteiger partial charge in [-0.1, -0.05) is 12.1 Å². The van der Waals surface area contributed by atoms with E-state index in [1.807, 2.05) is 13.0 Å². The van der Waals surface area contributed by atoms with Crippen LogP contribution >= 0.6 is 0 Å². The molecule has 0 spiro atoms. The maximum absolute atomic E-state index is 11.0. The van der Waals surface area contributed by atoms with Gasteiger partial charge in [-0.3, -0.25) is 15.1 Å². The van der Waals surface area contributed by atoms with Crippen molar-refractivity contribution in [3.05, 3.63) is 63.2 Å². The fraction of sp³-hybridized carbons (Fsp3) is 0.316. The summed E-state index contributed by atoms with van der Waals surface area (Å²) in [4.78, 5) is 17.4. The van der Waals surface area contributed by atoms with Crippen LogP contribution in [0.3, 0.4) is 0 Å².